The summed E-state index contributed by atoms with van der Waals surface area (Å²) in [6.45, 7) is 1.91. The normalized spacial score (nSPS) is 47.9. The smallest absolute Gasteiger partial charge is 0.387 e. The molecule has 40 heavy (non-hydrogen) atoms. The van der Waals surface area contributed by atoms with E-state index in [4.69, 9.17) is 10.5 Å². The summed E-state index contributed by atoms with van der Waals surface area (Å²) in [6, 6.07) is 0.644. The van der Waals surface area contributed by atoms with Gasteiger partial charge in [-0.05, 0) is 64.3 Å². The van der Waals surface area contributed by atoms with E-state index >= 15 is 0 Å². The van der Waals surface area contributed by atoms with Crippen molar-refractivity contribution in [3.63, 3.8) is 0 Å². The molecule has 7 unspecified atom stereocenters. The topological polar surface area (TPSA) is 140 Å². The highest BCUT2D eigenvalue weighted by atomic mass is 19.4. The lowest BCUT2D eigenvalue weighted by molar-refractivity contribution is -0.345. The van der Waals surface area contributed by atoms with Crippen molar-refractivity contribution in [3.8, 4) is 0 Å². The van der Waals surface area contributed by atoms with Crippen molar-refractivity contribution >= 4 is 0 Å². The predicted molar refractivity (Wildman–Crippen MR) is 139 cm³/mol. The largest absolute Gasteiger partial charge is 0.522 e. The van der Waals surface area contributed by atoms with Crippen LogP contribution in [0, 0.1) is 11.8 Å². The van der Waals surface area contributed by atoms with Crippen molar-refractivity contribution in [2.45, 2.75) is 125 Å². The molecule has 4 saturated heterocycles. The van der Waals surface area contributed by atoms with E-state index < -0.39 is 37.0 Å². The SMILES string of the molecule is CN(C[C@H]1O[C@@H](N2CCC3C(N)NCNC32)[C@H](O)[C@@H]1O)C1CC(CCC2NC3CCC(OC(F)(F)F)CC3N2)C1. The second-order valence-corrected chi connectivity index (χ2v) is 12.9. The van der Waals surface area contributed by atoms with Crippen molar-refractivity contribution in [1.82, 2.24) is 31.1 Å². The number of fused-ring (bicyclic) bond motifs is 2. The van der Waals surface area contributed by atoms with Gasteiger partial charge in [-0.2, -0.15) is 0 Å². The van der Waals surface area contributed by atoms with Crippen LogP contribution in [0.1, 0.15) is 51.4 Å². The van der Waals surface area contributed by atoms with Crippen LogP contribution in [0.2, 0.25) is 0 Å². The molecule has 2 saturated carbocycles. The zero-order valence-corrected chi connectivity index (χ0v) is 23.1. The Kier molecular flexibility index (Phi) is 8.68. The Morgan fingerprint density at radius 1 is 1.02 bits per heavy atom. The van der Waals surface area contributed by atoms with Crippen molar-refractivity contribution in [2.75, 3.05) is 26.8 Å². The molecule has 8 N–H and O–H groups in total. The van der Waals surface area contributed by atoms with Crippen molar-refractivity contribution in [1.29, 1.82) is 0 Å². The number of ether oxygens (including phenoxy) is 2. The van der Waals surface area contributed by atoms with Crippen LogP contribution in [0.15, 0.2) is 0 Å². The summed E-state index contributed by atoms with van der Waals surface area (Å²) in [4.78, 5) is 4.36. The molecule has 6 aliphatic rings. The number of aliphatic hydroxyl groups excluding tert-OH is 2. The van der Waals surface area contributed by atoms with Gasteiger partial charge in [-0.15, -0.1) is 13.2 Å². The van der Waals surface area contributed by atoms with E-state index in [1.807, 2.05) is 0 Å². The van der Waals surface area contributed by atoms with Crippen LogP contribution in [0.5, 0.6) is 0 Å². The van der Waals surface area contributed by atoms with Gasteiger partial charge in [0.1, 0.15) is 24.5 Å². The Hall–Kier alpha value is -0.650. The number of likely N-dealkylation sites (tertiary alicyclic amines) is 1. The van der Waals surface area contributed by atoms with Gasteiger partial charge in [-0.25, -0.2) is 0 Å². The summed E-state index contributed by atoms with van der Waals surface area (Å²) in [7, 11) is 2.06. The summed E-state index contributed by atoms with van der Waals surface area (Å²) >= 11 is 0. The van der Waals surface area contributed by atoms with Crippen LogP contribution in [0.25, 0.3) is 0 Å². The molecule has 6 fully saturated rings. The van der Waals surface area contributed by atoms with Crippen LogP contribution in [0.3, 0.4) is 0 Å². The summed E-state index contributed by atoms with van der Waals surface area (Å²) in [5.74, 6) is 0.832. The molecule has 0 aromatic rings. The molecule has 0 aromatic carbocycles. The van der Waals surface area contributed by atoms with Crippen molar-refractivity contribution in [3.05, 3.63) is 0 Å². The number of hydrogen-bond donors (Lipinski definition) is 7. The molecule has 0 spiro atoms. The number of nitrogens with one attached hydrogen (secondary N) is 4. The van der Waals surface area contributed by atoms with Gasteiger partial charge in [0.25, 0.3) is 0 Å². The molecule has 6 rings (SSSR count). The monoisotopic (exact) mass is 577 g/mol. The molecule has 11 nitrogen and oxygen atoms in total. The second kappa shape index (κ2) is 11.8. The van der Waals surface area contributed by atoms with E-state index in [9.17, 15) is 23.4 Å². The number of nitrogens with zero attached hydrogens (tertiary/aromatic N) is 2. The van der Waals surface area contributed by atoms with Crippen molar-refractivity contribution in [2.24, 2.45) is 17.6 Å². The highest BCUT2D eigenvalue weighted by Crippen LogP contribution is 2.38. The molecule has 4 heterocycles. The summed E-state index contributed by atoms with van der Waals surface area (Å²) in [5.41, 5.74) is 6.23. The lowest BCUT2D eigenvalue weighted by Crippen LogP contribution is -2.64. The fraction of sp³-hybridized carbons (Fsp3) is 1.00. The first kappa shape index (κ1) is 29.4. The van der Waals surface area contributed by atoms with E-state index in [0.29, 0.717) is 44.4 Å². The summed E-state index contributed by atoms with van der Waals surface area (Å²) < 4.78 is 48.3. The van der Waals surface area contributed by atoms with Crippen LogP contribution >= 0.6 is 0 Å². The second-order valence-electron chi connectivity index (χ2n) is 12.9. The van der Waals surface area contributed by atoms with E-state index in [-0.39, 0.29) is 36.5 Å². The van der Waals surface area contributed by atoms with E-state index in [1.54, 1.807) is 0 Å². The third kappa shape index (κ3) is 6.18. The Morgan fingerprint density at radius 2 is 1.80 bits per heavy atom. The highest BCUT2D eigenvalue weighted by Gasteiger charge is 2.52. The Bertz CT molecular complexity index is 871. The fourth-order valence-corrected chi connectivity index (χ4v) is 8.03. The molecule has 0 bridgehead atoms. The number of likely N-dealkylation sites (N-methyl/N-ethyl adjacent to an activating group) is 1. The summed E-state index contributed by atoms with van der Waals surface area (Å²) in [6.07, 6.45) is -1.65. The van der Waals surface area contributed by atoms with Crippen molar-refractivity contribution < 1.29 is 32.9 Å². The minimum absolute atomic E-state index is 0.0226. The zero-order chi connectivity index (χ0) is 28.2. The molecule has 14 heteroatoms. The maximum atomic E-state index is 12.6. The molecular formula is C26H46F3N7O4. The van der Waals surface area contributed by atoms with Gasteiger partial charge in [-0.1, -0.05) is 0 Å². The van der Waals surface area contributed by atoms with Crippen LogP contribution in [-0.4, -0.2) is 120 Å². The lowest BCUT2D eigenvalue weighted by Gasteiger charge is -2.42. The van der Waals surface area contributed by atoms with E-state index in [1.165, 1.54) is 0 Å². The molecule has 0 amide bonds. The number of hydrogen-bond acceptors (Lipinski definition) is 11. The fourth-order valence-electron chi connectivity index (χ4n) is 8.03. The Balaban J connectivity index is 0.909. The molecular weight excluding hydrogens is 531 g/mol. The van der Waals surface area contributed by atoms with Gasteiger partial charge >= 0.3 is 6.36 Å². The lowest BCUT2D eigenvalue weighted by atomic mass is 9.76. The Morgan fingerprint density at radius 3 is 2.58 bits per heavy atom. The van der Waals surface area contributed by atoms with E-state index in [0.717, 1.165) is 38.6 Å². The molecule has 4 aliphatic heterocycles. The standard InChI is InChI=1S/C26H46F3N7O4/c1-35(11-19-21(37)22(38)25(39-19)36-7-6-16-23(30)31-12-32-24(16)36)14-8-13(9-14)2-5-20-33-17-4-3-15(10-18(17)34-20)40-26(27,28)29/h13-25,31-34,37-38H,2-12,30H2,1H3/t13?,14?,15?,16?,17?,18?,19-,20?,21-,22-,23?,24?,25-/m1/s1. The van der Waals surface area contributed by atoms with Crippen LogP contribution in [0.4, 0.5) is 13.2 Å². The number of rotatable bonds is 8. The first-order valence-corrected chi connectivity index (χ1v) is 15.0. The van der Waals surface area contributed by atoms with Gasteiger partial charge < -0.3 is 25.6 Å². The Labute approximate surface area is 233 Å². The third-order valence-electron chi connectivity index (χ3n) is 10.4. The number of nitrogens with two attached hydrogens (primary N) is 1. The molecule has 2 aliphatic carbocycles. The minimum Gasteiger partial charge on any atom is -0.387 e. The zero-order valence-electron chi connectivity index (χ0n) is 23.1. The maximum absolute atomic E-state index is 12.6. The minimum atomic E-state index is -4.57. The number of alkyl halides is 3. The first-order valence-electron chi connectivity index (χ1n) is 15.0. The number of aliphatic hydroxyl groups is 2. The van der Waals surface area contributed by atoms with Crippen LogP contribution in [-0.2, 0) is 9.47 Å². The first-order chi connectivity index (χ1) is 19.1. The quantitative estimate of drug-likeness (QED) is 0.198. The average Bonchev–Trinajstić information content (AvgIpc) is 3.54. The molecule has 0 radical (unpaired) electrons. The highest BCUT2D eigenvalue weighted by molar-refractivity contribution is 5.01. The molecule has 0 aromatic heterocycles. The summed E-state index contributed by atoms with van der Waals surface area (Å²) in [5, 5.41) is 35.4. The van der Waals surface area contributed by atoms with Crippen LogP contribution < -0.4 is 27.0 Å². The van der Waals surface area contributed by atoms with Gasteiger partial charge in [0.2, 0.25) is 0 Å². The number of halogens is 3. The van der Waals surface area contributed by atoms with Gasteiger partial charge in [0.05, 0.1) is 24.6 Å². The molecule has 230 valence electrons. The third-order valence-corrected chi connectivity index (χ3v) is 10.4. The van der Waals surface area contributed by atoms with E-state index in [2.05, 4.69) is 42.9 Å². The van der Waals surface area contributed by atoms with Gasteiger partial charge in [0.15, 0.2) is 0 Å². The maximum Gasteiger partial charge on any atom is 0.522 e. The molecule has 11 atom stereocenters. The average molecular weight is 578 g/mol. The van der Waals surface area contributed by atoms with Gasteiger partial charge in [-0.3, -0.25) is 30.9 Å². The predicted octanol–water partition coefficient (Wildman–Crippen LogP) is -0.648. The van der Waals surface area contributed by atoms with Gasteiger partial charge in [0, 0.05) is 43.8 Å².